The van der Waals surface area contributed by atoms with Gasteiger partial charge < -0.3 is 24.1 Å². The molecule has 0 aliphatic rings. The number of hydrogen-bond donors (Lipinski definition) is 2. The highest BCUT2D eigenvalue weighted by Gasteiger charge is 2.14. The third-order valence-electron chi connectivity index (χ3n) is 4.85. The van der Waals surface area contributed by atoms with Crippen molar-refractivity contribution in [3.8, 4) is 17.0 Å². The number of aromatic nitrogens is 1. The molecule has 5 heteroatoms. The van der Waals surface area contributed by atoms with Crippen LogP contribution >= 0.6 is 0 Å². The standard InChI is InChI=1S/C23H24N2O3/c1-27-20-10-8-17(9-11-20)23-13-18-5-2-3-7-22(18)25(23)16-19(26)14-24-15-21-6-4-12-28-21/h2-13,19,24,26H,14-16H2,1H3. The number of nitrogens with one attached hydrogen (secondary N) is 1. The molecule has 144 valence electrons. The number of fused-ring (bicyclic) bond motifs is 1. The summed E-state index contributed by atoms with van der Waals surface area (Å²) < 4.78 is 12.8. The SMILES string of the molecule is COc1ccc(-c2cc3ccccc3n2CC(O)CNCc2ccco2)cc1. The Morgan fingerprint density at radius 1 is 1.07 bits per heavy atom. The third kappa shape index (κ3) is 3.96. The Kier molecular flexibility index (Phi) is 5.46. The minimum absolute atomic E-state index is 0.481. The number of furan rings is 1. The van der Waals surface area contributed by atoms with E-state index in [0.717, 1.165) is 33.7 Å². The molecule has 1 unspecified atom stereocenters. The van der Waals surface area contributed by atoms with Crippen LogP contribution in [-0.4, -0.2) is 29.4 Å². The Morgan fingerprint density at radius 2 is 1.89 bits per heavy atom. The van der Waals surface area contributed by atoms with Crippen LogP contribution in [0.2, 0.25) is 0 Å². The summed E-state index contributed by atoms with van der Waals surface area (Å²) in [5.74, 6) is 1.69. The second-order valence-corrected chi connectivity index (χ2v) is 6.79. The van der Waals surface area contributed by atoms with E-state index in [0.29, 0.717) is 19.6 Å². The molecule has 0 aliphatic carbocycles. The molecule has 0 saturated heterocycles. The summed E-state index contributed by atoms with van der Waals surface area (Å²) in [6, 6.07) is 22.2. The Morgan fingerprint density at radius 3 is 2.64 bits per heavy atom. The van der Waals surface area contributed by atoms with Crippen molar-refractivity contribution in [2.75, 3.05) is 13.7 Å². The van der Waals surface area contributed by atoms with E-state index in [1.807, 2.05) is 48.5 Å². The number of nitrogens with zero attached hydrogens (tertiary/aromatic N) is 1. The fourth-order valence-electron chi connectivity index (χ4n) is 3.46. The van der Waals surface area contributed by atoms with Crippen LogP contribution < -0.4 is 10.1 Å². The van der Waals surface area contributed by atoms with Crippen molar-refractivity contribution >= 4 is 10.9 Å². The molecule has 2 aromatic heterocycles. The van der Waals surface area contributed by atoms with Gasteiger partial charge in [0.15, 0.2) is 0 Å². The van der Waals surface area contributed by atoms with Crippen molar-refractivity contribution in [2.24, 2.45) is 0 Å². The van der Waals surface area contributed by atoms with Crippen LogP contribution in [0, 0.1) is 0 Å². The summed E-state index contributed by atoms with van der Waals surface area (Å²) >= 11 is 0. The molecule has 4 aromatic rings. The molecule has 0 fully saturated rings. The predicted molar refractivity (Wildman–Crippen MR) is 110 cm³/mol. The molecule has 2 N–H and O–H groups in total. The minimum Gasteiger partial charge on any atom is -0.497 e. The van der Waals surface area contributed by atoms with Gasteiger partial charge in [-0.3, -0.25) is 0 Å². The molecule has 0 bridgehead atoms. The maximum absolute atomic E-state index is 10.6. The molecule has 0 aliphatic heterocycles. The number of aliphatic hydroxyl groups excluding tert-OH is 1. The first-order valence-corrected chi connectivity index (χ1v) is 9.38. The maximum Gasteiger partial charge on any atom is 0.118 e. The number of para-hydroxylation sites is 1. The van der Waals surface area contributed by atoms with Crippen LogP contribution in [0.1, 0.15) is 5.76 Å². The van der Waals surface area contributed by atoms with Crippen molar-refractivity contribution in [3.63, 3.8) is 0 Å². The molecule has 0 spiro atoms. The lowest BCUT2D eigenvalue weighted by molar-refractivity contribution is 0.152. The number of aliphatic hydroxyl groups is 1. The first-order chi connectivity index (χ1) is 13.7. The van der Waals surface area contributed by atoms with Crippen molar-refractivity contribution in [3.05, 3.63) is 78.8 Å². The van der Waals surface area contributed by atoms with Gasteiger partial charge in [-0.15, -0.1) is 0 Å². The second kappa shape index (κ2) is 8.33. The summed E-state index contributed by atoms with van der Waals surface area (Å²) in [6.07, 6.45) is 1.13. The highest BCUT2D eigenvalue weighted by molar-refractivity contribution is 5.87. The van der Waals surface area contributed by atoms with Crippen LogP contribution in [0.25, 0.3) is 22.2 Å². The zero-order chi connectivity index (χ0) is 19.3. The average Bonchev–Trinajstić information content (AvgIpc) is 3.36. The number of methoxy groups -OCH3 is 1. The van der Waals surface area contributed by atoms with E-state index in [4.69, 9.17) is 9.15 Å². The molecular weight excluding hydrogens is 352 g/mol. The van der Waals surface area contributed by atoms with Gasteiger partial charge in [0.1, 0.15) is 11.5 Å². The van der Waals surface area contributed by atoms with Gasteiger partial charge in [0, 0.05) is 23.1 Å². The Balaban J connectivity index is 1.55. The largest absolute Gasteiger partial charge is 0.497 e. The van der Waals surface area contributed by atoms with Gasteiger partial charge in [-0.05, 0) is 54.1 Å². The summed E-state index contributed by atoms with van der Waals surface area (Å²) in [4.78, 5) is 0. The van der Waals surface area contributed by atoms with E-state index in [1.165, 1.54) is 0 Å². The zero-order valence-corrected chi connectivity index (χ0v) is 15.8. The first kappa shape index (κ1) is 18.3. The number of rotatable bonds is 8. The van der Waals surface area contributed by atoms with Gasteiger partial charge in [0.25, 0.3) is 0 Å². The normalized spacial score (nSPS) is 12.4. The van der Waals surface area contributed by atoms with Crippen molar-refractivity contribution in [1.82, 2.24) is 9.88 Å². The molecule has 4 rings (SSSR count). The number of ether oxygens (including phenoxy) is 1. The van der Waals surface area contributed by atoms with Crippen molar-refractivity contribution in [1.29, 1.82) is 0 Å². The highest BCUT2D eigenvalue weighted by Crippen LogP contribution is 2.29. The van der Waals surface area contributed by atoms with Gasteiger partial charge in [0.05, 0.1) is 32.6 Å². The summed E-state index contributed by atoms with van der Waals surface area (Å²) in [5.41, 5.74) is 3.28. The Bertz CT molecular complexity index is 1020. The molecule has 1 atom stereocenters. The number of benzene rings is 2. The first-order valence-electron chi connectivity index (χ1n) is 9.38. The fourth-order valence-corrected chi connectivity index (χ4v) is 3.46. The van der Waals surface area contributed by atoms with Crippen LogP contribution in [0.15, 0.2) is 77.4 Å². The topological polar surface area (TPSA) is 59.6 Å². The van der Waals surface area contributed by atoms with Gasteiger partial charge in [-0.2, -0.15) is 0 Å². The molecule has 5 nitrogen and oxygen atoms in total. The zero-order valence-electron chi connectivity index (χ0n) is 15.8. The predicted octanol–water partition coefficient (Wildman–Crippen LogP) is 4.06. The lowest BCUT2D eigenvalue weighted by atomic mass is 10.1. The smallest absolute Gasteiger partial charge is 0.118 e. The van der Waals surface area contributed by atoms with E-state index in [2.05, 4.69) is 28.1 Å². The van der Waals surface area contributed by atoms with Crippen LogP contribution in [0.3, 0.4) is 0 Å². The van der Waals surface area contributed by atoms with Gasteiger partial charge in [-0.25, -0.2) is 0 Å². The highest BCUT2D eigenvalue weighted by atomic mass is 16.5. The van der Waals surface area contributed by atoms with Crippen molar-refractivity contribution < 1.29 is 14.3 Å². The molecular formula is C23H24N2O3. The minimum atomic E-state index is -0.525. The molecule has 0 radical (unpaired) electrons. The van der Waals surface area contributed by atoms with Crippen LogP contribution in [0.5, 0.6) is 5.75 Å². The lowest BCUT2D eigenvalue weighted by Gasteiger charge is -2.16. The van der Waals surface area contributed by atoms with E-state index < -0.39 is 6.10 Å². The van der Waals surface area contributed by atoms with E-state index in [1.54, 1.807) is 13.4 Å². The van der Waals surface area contributed by atoms with Crippen LogP contribution in [-0.2, 0) is 13.1 Å². The third-order valence-corrected chi connectivity index (χ3v) is 4.85. The summed E-state index contributed by atoms with van der Waals surface area (Å²) in [6.45, 7) is 1.58. The number of hydrogen-bond acceptors (Lipinski definition) is 4. The van der Waals surface area contributed by atoms with Crippen LogP contribution in [0.4, 0.5) is 0 Å². The average molecular weight is 376 g/mol. The fraction of sp³-hybridized carbons (Fsp3) is 0.217. The molecule has 2 heterocycles. The van der Waals surface area contributed by atoms with E-state index in [-0.39, 0.29) is 0 Å². The van der Waals surface area contributed by atoms with E-state index >= 15 is 0 Å². The lowest BCUT2D eigenvalue weighted by Crippen LogP contribution is -2.30. The molecule has 0 saturated carbocycles. The molecule has 2 aromatic carbocycles. The molecule has 0 amide bonds. The van der Waals surface area contributed by atoms with Crippen molar-refractivity contribution in [2.45, 2.75) is 19.2 Å². The maximum atomic E-state index is 10.6. The summed E-state index contributed by atoms with van der Waals surface area (Å²) in [7, 11) is 1.66. The quantitative estimate of drug-likeness (QED) is 0.487. The Labute approximate surface area is 164 Å². The van der Waals surface area contributed by atoms with E-state index in [9.17, 15) is 5.11 Å². The van der Waals surface area contributed by atoms with Gasteiger partial charge in [-0.1, -0.05) is 18.2 Å². The van der Waals surface area contributed by atoms with Gasteiger partial charge >= 0.3 is 0 Å². The molecule has 28 heavy (non-hydrogen) atoms. The second-order valence-electron chi connectivity index (χ2n) is 6.79. The van der Waals surface area contributed by atoms with Gasteiger partial charge in [0.2, 0.25) is 0 Å². The monoisotopic (exact) mass is 376 g/mol. The summed E-state index contributed by atoms with van der Waals surface area (Å²) in [5, 5.41) is 15.0. The Hall–Kier alpha value is -3.02.